The Morgan fingerprint density at radius 3 is 2.60 bits per heavy atom. The highest BCUT2D eigenvalue weighted by atomic mass is 35.5. The van der Waals surface area contributed by atoms with Gasteiger partial charge in [-0.25, -0.2) is 0 Å². The SMILES string of the molecule is O=C1COc2cc(Cc3cc([C@@H]4O[C@H](CO)[C@@H](O)[C@H](O)[C@H]4O)ccc3Cl)ccc2C1. The molecule has 0 saturated carbocycles. The number of carbonyl (C=O) groups is 1. The molecule has 0 amide bonds. The van der Waals surface area contributed by atoms with Crippen LogP contribution < -0.4 is 4.74 Å². The van der Waals surface area contributed by atoms with Gasteiger partial charge in [0.25, 0.3) is 0 Å². The Bertz CT molecular complexity index is 945. The van der Waals surface area contributed by atoms with Crippen molar-refractivity contribution in [3.05, 3.63) is 63.7 Å². The molecule has 2 aromatic rings. The molecule has 0 spiro atoms. The molecule has 5 atom stereocenters. The number of Topliss-reactive ketones (excluding diaryl/α,β-unsaturated/α-hetero) is 1. The lowest BCUT2D eigenvalue weighted by molar-refractivity contribution is -0.231. The van der Waals surface area contributed by atoms with E-state index < -0.39 is 37.1 Å². The molecule has 0 radical (unpaired) electrons. The van der Waals surface area contributed by atoms with Crippen molar-refractivity contribution in [1.29, 1.82) is 0 Å². The van der Waals surface area contributed by atoms with Gasteiger partial charge in [0.2, 0.25) is 0 Å². The normalized spacial score (nSPS) is 28.7. The largest absolute Gasteiger partial charge is 0.486 e. The predicted molar refractivity (Wildman–Crippen MR) is 108 cm³/mol. The minimum absolute atomic E-state index is 0.0468. The summed E-state index contributed by atoms with van der Waals surface area (Å²) in [6, 6.07) is 10.8. The van der Waals surface area contributed by atoms with Crippen LogP contribution in [0.15, 0.2) is 36.4 Å². The second kappa shape index (κ2) is 8.63. The fraction of sp³-hybridized carbons (Fsp3) is 0.409. The number of aliphatic hydroxyl groups excluding tert-OH is 4. The van der Waals surface area contributed by atoms with Crippen LogP contribution in [0.2, 0.25) is 5.02 Å². The van der Waals surface area contributed by atoms with Crippen molar-refractivity contribution in [1.82, 2.24) is 0 Å². The first-order chi connectivity index (χ1) is 14.4. The quantitative estimate of drug-likeness (QED) is 0.566. The Morgan fingerprint density at radius 1 is 1.03 bits per heavy atom. The highest BCUT2D eigenvalue weighted by Gasteiger charge is 2.44. The molecule has 0 aromatic heterocycles. The van der Waals surface area contributed by atoms with E-state index in [9.17, 15) is 25.2 Å². The van der Waals surface area contributed by atoms with Crippen molar-refractivity contribution in [2.75, 3.05) is 13.2 Å². The molecule has 4 N–H and O–H groups in total. The first-order valence-electron chi connectivity index (χ1n) is 9.72. The number of hydrogen-bond acceptors (Lipinski definition) is 7. The zero-order chi connectivity index (χ0) is 21.4. The number of rotatable bonds is 4. The Kier molecular flexibility index (Phi) is 6.11. The summed E-state index contributed by atoms with van der Waals surface area (Å²) < 4.78 is 11.2. The molecule has 2 aliphatic rings. The van der Waals surface area contributed by atoms with E-state index in [2.05, 4.69) is 0 Å². The van der Waals surface area contributed by atoms with E-state index >= 15 is 0 Å². The molecule has 30 heavy (non-hydrogen) atoms. The average Bonchev–Trinajstić information content (AvgIpc) is 2.74. The van der Waals surface area contributed by atoms with Gasteiger partial charge in [-0.1, -0.05) is 35.9 Å². The van der Waals surface area contributed by atoms with Gasteiger partial charge in [0.05, 0.1) is 6.61 Å². The number of ether oxygens (including phenoxy) is 2. The molecular weight excluding hydrogens is 412 g/mol. The molecular formula is C22H23ClO7. The van der Waals surface area contributed by atoms with E-state index in [0.717, 1.165) is 16.7 Å². The number of carbonyl (C=O) groups excluding carboxylic acids is 1. The van der Waals surface area contributed by atoms with Gasteiger partial charge in [-0.05, 0) is 35.2 Å². The molecule has 4 rings (SSSR count). The molecule has 0 unspecified atom stereocenters. The van der Waals surface area contributed by atoms with Crippen LogP contribution >= 0.6 is 11.6 Å². The highest BCUT2D eigenvalue weighted by Crippen LogP contribution is 2.35. The van der Waals surface area contributed by atoms with Gasteiger partial charge < -0.3 is 29.9 Å². The van der Waals surface area contributed by atoms with Crippen molar-refractivity contribution < 1.29 is 34.7 Å². The van der Waals surface area contributed by atoms with E-state index in [4.69, 9.17) is 21.1 Å². The maximum Gasteiger partial charge on any atom is 0.174 e. The molecule has 7 nitrogen and oxygen atoms in total. The number of fused-ring (bicyclic) bond motifs is 1. The summed E-state index contributed by atoms with van der Waals surface area (Å²) in [5.74, 6) is 0.735. The Morgan fingerprint density at radius 2 is 1.83 bits per heavy atom. The summed E-state index contributed by atoms with van der Waals surface area (Å²) in [5, 5.41) is 40.4. The summed E-state index contributed by atoms with van der Waals surface area (Å²) in [7, 11) is 0. The van der Waals surface area contributed by atoms with Crippen LogP contribution in [0.5, 0.6) is 5.75 Å². The summed E-state index contributed by atoms with van der Waals surface area (Å²) in [4.78, 5) is 11.5. The lowest BCUT2D eigenvalue weighted by Gasteiger charge is -2.40. The van der Waals surface area contributed by atoms with E-state index in [0.29, 0.717) is 29.2 Å². The molecule has 1 fully saturated rings. The Hall–Kier alpha value is -2.00. The van der Waals surface area contributed by atoms with Gasteiger partial charge in [0, 0.05) is 17.0 Å². The zero-order valence-electron chi connectivity index (χ0n) is 16.1. The summed E-state index contributed by atoms with van der Waals surface area (Å²) >= 11 is 6.38. The molecule has 2 aromatic carbocycles. The summed E-state index contributed by atoms with van der Waals surface area (Å²) in [5.41, 5.74) is 3.15. The van der Waals surface area contributed by atoms with Crippen molar-refractivity contribution in [3.8, 4) is 5.75 Å². The number of ketones is 1. The van der Waals surface area contributed by atoms with Crippen LogP contribution in [0.25, 0.3) is 0 Å². The van der Waals surface area contributed by atoms with Gasteiger partial charge in [-0.2, -0.15) is 0 Å². The standard InChI is InChI=1S/C22H23ClO7/c23-16-4-3-13(22-21(28)20(27)19(26)18(9-24)30-22)7-14(16)5-11-1-2-12-8-15(25)10-29-17(12)6-11/h1-4,6-7,18-22,24,26-28H,5,8-10H2/t18-,19-,20+,21-,22+/m1/s1. The highest BCUT2D eigenvalue weighted by molar-refractivity contribution is 6.31. The van der Waals surface area contributed by atoms with Gasteiger partial charge >= 0.3 is 0 Å². The van der Waals surface area contributed by atoms with Gasteiger partial charge in [-0.3, -0.25) is 4.79 Å². The van der Waals surface area contributed by atoms with Crippen molar-refractivity contribution >= 4 is 17.4 Å². The van der Waals surface area contributed by atoms with Crippen LogP contribution in [0, 0.1) is 0 Å². The number of halogens is 1. The van der Waals surface area contributed by atoms with Crippen LogP contribution in [0.1, 0.15) is 28.4 Å². The third kappa shape index (κ3) is 4.09. The molecule has 2 aliphatic heterocycles. The minimum Gasteiger partial charge on any atom is -0.486 e. The first kappa shape index (κ1) is 21.2. The van der Waals surface area contributed by atoms with Crippen molar-refractivity contribution in [2.45, 2.75) is 43.4 Å². The van der Waals surface area contributed by atoms with Crippen LogP contribution in [-0.4, -0.2) is 63.8 Å². The van der Waals surface area contributed by atoms with E-state index in [1.807, 2.05) is 18.2 Å². The number of hydrogen-bond donors (Lipinski definition) is 4. The zero-order valence-corrected chi connectivity index (χ0v) is 16.8. The monoisotopic (exact) mass is 434 g/mol. The van der Waals surface area contributed by atoms with Gasteiger partial charge in [-0.15, -0.1) is 0 Å². The van der Waals surface area contributed by atoms with Crippen molar-refractivity contribution in [3.63, 3.8) is 0 Å². The fourth-order valence-electron chi connectivity index (χ4n) is 3.92. The molecule has 160 valence electrons. The first-order valence-corrected chi connectivity index (χ1v) is 10.1. The number of aliphatic hydroxyl groups is 4. The minimum atomic E-state index is -1.44. The third-order valence-electron chi connectivity index (χ3n) is 5.59. The summed E-state index contributed by atoms with van der Waals surface area (Å²) in [6.07, 6.45) is -5.26. The van der Waals surface area contributed by atoms with Crippen LogP contribution in [0.3, 0.4) is 0 Å². The molecule has 8 heteroatoms. The molecule has 0 bridgehead atoms. The second-order valence-electron chi connectivity index (χ2n) is 7.72. The van der Waals surface area contributed by atoms with Crippen LogP contribution in [0.4, 0.5) is 0 Å². The van der Waals surface area contributed by atoms with E-state index in [1.54, 1.807) is 18.2 Å². The van der Waals surface area contributed by atoms with Crippen molar-refractivity contribution in [2.24, 2.45) is 0 Å². The Balaban J connectivity index is 1.59. The maximum atomic E-state index is 11.5. The summed E-state index contributed by atoms with van der Waals surface area (Å²) in [6.45, 7) is -0.413. The second-order valence-corrected chi connectivity index (χ2v) is 8.13. The number of benzene rings is 2. The average molecular weight is 435 g/mol. The molecule has 0 aliphatic carbocycles. The van der Waals surface area contributed by atoms with Crippen LogP contribution in [-0.2, 0) is 22.4 Å². The Labute approximate surface area is 178 Å². The lowest BCUT2D eigenvalue weighted by atomic mass is 9.90. The molecule has 2 heterocycles. The van der Waals surface area contributed by atoms with E-state index in [1.165, 1.54) is 0 Å². The smallest absolute Gasteiger partial charge is 0.174 e. The third-order valence-corrected chi connectivity index (χ3v) is 5.96. The lowest BCUT2D eigenvalue weighted by Crippen LogP contribution is -2.55. The fourth-order valence-corrected chi connectivity index (χ4v) is 4.10. The molecule has 1 saturated heterocycles. The topological polar surface area (TPSA) is 116 Å². The van der Waals surface area contributed by atoms with E-state index in [-0.39, 0.29) is 12.4 Å². The van der Waals surface area contributed by atoms with Gasteiger partial charge in [0.15, 0.2) is 5.78 Å². The van der Waals surface area contributed by atoms with Gasteiger partial charge in [0.1, 0.15) is 42.9 Å². The predicted octanol–water partition coefficient (Wildman–Crippen LogP) is 0.950. The maximum absolute atomic E-state index is 11.5.